The molecule has 1 heterocycles. The summed E-state index contributed by atoms with van der Waals surface area (Å²) in [4.78, 5) is 12.3. The van der Waals surface area contributed by atoms with E-state index in [4.69, 9.17) is 11.6 Å². The highest BCUT2D eigenvalue weighted by Crippen LogP contribution is 2.28. The molecule has 0 saturated carbocycles. The summed E-state index contributed by atoms with van der Waals surface area (Å²) in [5, 5.41) is 6.95. The summed E-state index contributed by atoms with van der Waals surface area (Å²) in [6, 6.07) is 14.7. The van der Waals surface area contributed by atoms with Crippen LogP contribution in [0.4, 0.5) is 5.69 Å². The molecule has 2 aromatic carbocycles. The van der Waals surface area contributed by atoms with E-state index in [1.807, 2.05) is 12.3 Å². The van der Waals surface area contributed by atoms with E-state index in [2.05, 4.69) is 10.4 Å². The SMILES string of the molecule is CN(c1ccccc1)S(=O)(=O)c1cc(C(=O)NCCCn2cccn2)ccc1Cl. The summed E-state index contributed by atoms with van der Waals surface area (Å²) in [6.45, 7) is 1.11. The average molecular weight is 433 g/mol. The lowest BCUT2D eigenvalue weighted by Gasteiger charge is -2.20. The number of aromatic nitrogens is 2. The molecule has 0 aliphatic carbocycles. The Bertz CT molecular complexity index is 1070. The van der Waals surface area contributed by atoms with Crippen LogP contribution in [-0.2, 0) is 16.6 Å². The zero-order valence-electron chi connectivity index (χ0n) is 15.8. The first-order valence-corrected chi connectivity index (χ1v) is 10.8. The Labute approximate surface area is 175 Å². The van der Waals surface area contributed by atoms with Crippen molar-refractivity contribution in [1.82, 2.24) is 15.1 Å². The van der Waals surface area contributed by atoms with Gasteiger partial charge in [0.25, 0.3) is 15.9 Å². The molecule has 0 atom stereocenters. The lowest BCUT2D eigenvalue weighted by Crippen LogP contribution is -2.28. The van der Waals surface area contributed by atoms with Crippen molar-refractivity contribution in [2.45, 2.75) is 17.9 Å². The first-order chi connectivity index (χ1) is 13.9. The maximum absolute atomic E-state index is 13.0. The zero-order chi connectivity index (χ0) is 20.9. The van der Waals surface area contributed by atoms with Crippen LogP contribution < -0.4 is 9.62 Å². The topological polar surface area (TPSA) is 84.3 Å². The summed E-state index contributed by atoms with van der Waals surface area (Å²) in [5.74, 6) is -0.360. The number of carbonyl (C=O) groups excluding carboxylic acids is 1. The standard InChI is InChI=1S/C20H21ClN4O3S/c1-24(17-7-3-2-4-8-17)29(27,28)19-15-16(9-10-18(19)21)20(26)22-11-5-13-25-14-6-12-23-25/h2-4,6-10,12,14-15H,5,11,13H2,1H3,(H,22,26). The smallest absolute Gasteiger partial charge is 0.265 e. The van der Waals surface area contributed by atoms with Gasteiger partial charge in [-0.25, -0.2) is 8.42 Å². The van der Waals surface area contributed by atoms with Gasteiger partial charge in [-0.05, 0) is 42.8 Å². The molecule has 0 bridgehead atoms. The number of hydrogen-bond acceptors (Lipinski definition) is 4. The second-order valence-electron chi connectivity index (χ2n) is 6.33. The van der Waals surface area contributed by atoms with E-state index in [9.17, 15) is 13.2 Å². The predicted octanol–water partition coefficient (Wildman–Crippen LogP) is 3.18. The van der Waals surface area contributed by atoms with Crippen LogP contribution in [0.5, 0.6) is 0 Å². The van der Waals surface area contributed by atoms with Crippen molar-refractivity contribution in [3.8, 4) is 0 Å². The van der Waals surface area contributed by atoms with Crippen LogP contribution in [0.15, 0.2) is 71.9 Å². The minimum Gasteiger partial charge on any atom is -0.352 e. The molecule has 29 heavy (non-hydrogen) atoms. The lowest BCUT2D eigenvalue weighted by molar-refractivity contribution is 0.0952. The third-order valence-electron chi connectivity index (χ3n) is 4.36. The molecule has 0 spiro atoms. The van der Waals surface area contributed by atoms with E-state index in [1.165, 1.54) is 25.2 Å². The van der Waals surface area contributed by atoms with Crippen molar-refractivity contribution in [1.29, 1.82) is 0 Å². The molecule has 3 rings (SSSR count). The highest BCUT2D eigenvalue weighted by Gasteiger charge is 2.25. The number of nitrogens with zero attached hydrogens (tertiary/aromatic N) is 3. The predicted molar refractivity (Wildman–Crippen MR) is 113 cm³/mol. The van der Waals surface area contributed by atoms with Gasteiger partial charge in [0.2, 0.25) is 0 Å². The Kier molecular flexibility index (Phi) is 6.56. The van der Waals surface area contributed by atoms with Gasteiger partial charge in [0.15, 0.2) is 0 Å². The van der Waals surface area contributed by atoms with Crippen molar-refractivity contribution in [2.24, 2.45) is 0 Å². The van der Waals surface area contributed by atoms with Gasteiger partial charge < -0.3 is 5.32 Å². The largest absolute Gasteiger partial charge is 0.352 e. The normalized spacial score (nSPS) is 11.2. The van der Waals surface area contributed by atoms with Gasteiger partial charge in [0.1, 0.15) is 4.90 Å². The molecular weight excluding hydrogens is 412 g/mol. The average Bonchev–Trinajstić information content (AvgIpc) is 3.25. The van der Waals surface area contributed by atoms with Crippen molar-refractivity contribution < 1.29 is 13.2 Å². The van der Waals surface area contributed by atoms with Crippen LogP contribution in [0.2, 0.25) is 5.02 Å². The first kappa shape index (κ1) is 20.9. The molecule has 1 N–H and O–H groups in total. The number of anilines is 1. The second kappa shape index (κ2) is 9.11. The number of carbonyl (C=O) groups is 1. The van der Waals surface area contributed by atoms with Crippen LogP contribution in [0.1, 0.15) is 16.8 Å². The molecule has 0 fully saturated rings. The third-order valence-corrected chi connectivity index (χ3v) is 6.63. The number of rotatable bonds is 8. The van der Waals surface area contributed by atoms with Gasteiger partial charge in [-0.2, -0.15) is 5.10 Å². The molecule has 0 aliphatic rings. The second-order valence-corrected chi connectivity index (χ2v) is 8.68. The Morgan fingerprint density at radius 3 is 2.62 bits per heavy atom. The molecular formula is C20H21ClN4O3S. The number of hydrogen-bond donors (Lipinski definition) is 1. The molecule has 1 amide bonds. The van der Waals surface area contributed by atoms with Crippen LogP contribution in [0.3, 0.4) is 0 Å². The van der Waals surface area contributed by atoms with E-state index in [-0.39, 0.29) is 21.4 Å². The Morgan fingerprint density at radius 2 is 1.93 bits per heavy atom. The maximum Gasteiger partial charge on any atom is 0.265 e. The quantitative estimate of drug-likeness (QED) is 0.554. The summed E-state index contributed by atoms with van der Waals surface area (Å²) < 4.78 is 29.0. The third kappa shape index (κ3) is 4.96. The fourth-order valence-electron chi connectivity index (χ4n) is 2.74. The molecule has 9 heteroatoms. The number of aryl methyl sites for hydroxylation is 1. The van der Waals surface area contributed by atoms with Crippen LogP contribution in [0, 0.1) is 0 Å². The summed E-state index contributed by atoms with van der Waals surface area (Å²) >= 11 is 6.15. The monoisotopic (exact) mass is 432 g/mol. The first-order valence-electron chi connectivity index (χ1n) is 8.99. The number of sulfonamides is 1. The molecule has 7 nitrogen and oxygen atoms in total. The van der Waals surface area contributed by atoms with Gasteiger partial charge in [0, 0.05) is 38.1 Å². The van der Waals surface area contributed by atoms with Crippen molar-refractivity contribution in [2.75, 3.05) is 17.9 Å². The maximum atomic E-state index is 13.0. The van der Waals surface area contributed by atoms with Crippen molar-refractivity contribution >= 4 is 33.2 Å². The molecule has 152 valence electrons. The van der Waals surface area contributed by atoms with Gasteiger partial charge in [-0.15, -0.1) is 0 Å². The summed E-state index contributed by atoms with van der Waals surface area (Å²) in [6.07, 6.45) is 4.24. The van der Waals surface area contributed by atoms with Crippen LogP contribution in [-0.4, -0.2) is 37.7 Å². The number of benzene rings is 2. The highest BCUT2D eigenvalue weighted by molar-refractivity contribution is 7.93. The van der Waals surface area contributed by atoms with E-state index >= 15 is 0 Å². The van der Waals surface area contributed by atoms with Gasteiger partial charge in [-0.1, -0.05) is 29.8 Å². The highest BCUT2D eigenvalue weighted by atomic mass is 35.5. The molecule has 0 aliphatic heterocycles. The molecule has 0 radical (unpaired) electrons. The molecule has 0 unspecified atom stereocenters. The Morgan fingerprint density at radius 1 is 1.17 bits per heavy atom. The van der Waals surface area contributed by atoms with E-state index in [1.54, 1.807) is 41.2 Å². The van der Waals surface area contributed by atoms with Crippen LogP contribution in [0.25, 0.3) is 0 Å². The summed E-state index contributed by atoms with van der Waals surface area (Å²) in [5.41, 5.74) is 0.727. The van der Waals surface area contributed by atoms with E-state index in [0.717, 1.165) is 4.31 Å². The fraction of sp³-hybridized carbons (Fsp3) is 0.200. The van der Waals surface area contributed by atoms with E-state index in [0.29, 0.717) is 25.2 Å². The molecule has 0 saturated heterocycles. The van der Waals surface area contributed by atoms with Crippen LogP contribution >= 0.6 is 11.6 Å². The number of amides is 1. The minimum atomic E-state index is -3.92. The Hall–Kier alpha value is -2.84. The fourth-order valence-corrected chi connectivity index (χ4v) is 4.44. The molecule has 3 aromatic rings. The van der Waals surface area contributed by atoms with Crippen molar-refractivity contribution in [3.63, 3.8) is 0 Å². The lowest BCUT2D eigenvalue weighted by atomic mass is 10.2. The van der Waals surface area contributed by atoms with Crippen molar-refractivity contribution in [3.05, 3.63) is 77.6 Å². The van der Waals surface area contributed by atoms with Gasteiger partial charge in [0.05, 0.1) is 10.7 Å². The van der Waals surface area contributed by atoms with Gasteiger partial charge >= 0.3 is 0 Å². The molecule has 1 aromatic heterocycles. The minimum absolute atomic E-state index is 0.0583. The number of halogens is 1. The number of nitrogens with one attached hydrogen (secondary N) is 1. The van der Waals surface area contributed by atoms with E-state index < -0.39 is 10.0 Å². The number of para-hydroxylation sites is 1. The summed E-state index contributed by atoms with van der Waals surface area (Å²) in [7, 11) is -2.48. The van der Waals surface area contributed by atoms with Gasteiger partial charge in [-0.3, -0.25) is 13.8 Å². The zero-order valence-corrected chi connectivity index (χ0v) is 17.4. The Balaban J connectivity index is 1.72.